The molecule has 1 N–H and O–H groups in total. The molecule has 3 rings (SSSR count). The fourth-order valence-electron chi connectivity index (χ4n) is 2.49. The minimum absolute atomic E-state index is 0.0190. The summed E-state index contributed by atoms with van der Waals surface area (Å²) in [5, 5.41) is 17.3. The number of nitrogens with zero attached hydrogens (tertiary/aromatic N) is 6. The lowest BCUT2D eigenvalue weighted by Gasteiger charge is -2.13. The number of nitrogens with one attached hydrogen (secondary N) is 1. The average Bonchev–Trinajstić information content (AvgIpc) is 2.99. The summed E-state index contributed by atoms with van der Waals surface area (Å²) in [5.74, 6) is -0.481. The van der Waals surface area contributed by atoms with Crippen molar-refractivity contribution >= 4 is 23.5 Å². The molecule has 0 bridgehead atoms. The van der Waals surface area contributed by atoms with Gasteiger partial charge in [-0.2, -0.15) is 5.10 Å². The molecule has 0 fully saturated rings. The lowest BCUT2D eigenvalue weighted by atomic mass is 9.99. The summed E-state index contributed by atoms with van der Waals surface area (Å²) in [7, 11) is 3.04. The maximum atomic E-state index is 12.6. The van der Waals surface area contributed by atoms with Gasteiger partial charge in [-0.05, 0) is 35.4 Å². The van der Waals surface area contributed by atoms with Gasteiger partial charge in [0.25, 0.3) is 11.5 Å². The van der Waals surface area contributed by atoms with Crippen LogP contribution in [0.5, 0.6) is 0 Å². The van der Waals surface area contributed by atoms with Crippen molar-refractivity contribution in [1.82, 2.24) is 30.0 Å². The van der Waals surface area contributed by atoms with Crippen LogP contribution in [0.3, 0.4) is 0 Å². The number of amides is 1. The number of carbonyl (C=O) groups is 1. The van der Waals surface area contributed by atoms with Crippen LogP contribution >= 0.6 is 11.6 Å². The number of rotatable bonds is 3. The Balaban J connectivity index is 2.16. The fraction of sp³-hybridized carbons (Fsp3) is 0.250. The first-order valence-electron chi connectivity index (χ1n) is 7.67. The molecular weight excluding hydrogens is 358 g/mol. The molecule has 3 aromatic rings. The van der Waals surface area contributed by atoms with Gasteiger partial charge in [0, 0.05) is 14.1 Å². The van der Waals surface area contributed by atoms with Crippen LogP contribution < -0.4 is 10.9 Å². The van der Waals surface area contributed by atoms with Crippen LogP contribution in [0.15, 0.2) is 23.0 Å². The van der Waals surface area contributed by atoms with Gasteiger partial charge in [0.1, 0.15) is 0 Å². The van der Waals surface area contributed by atoms with Gasteiger partial charge < -0.3 is 0 Å². The molecule has 10 heteroatoms. The number of tetrazole rings is 1. The molecule has 0 aliphatic heterocycles. The first-order valence-corrected chi connectivity index (χ1v) is 8.05. The summed E-state index contributed by atoms with van der Waals surface area (Å²) in [6.45, 7) is 3.78. The molecule has 0 spiro atoms. The van der Waals surface area contributed by atoms with Gasteiger partial charge in [0.15, 0.2) is 5.69 Å². The summed E-state index contributed by atoms with van der Waals surface area (Å²) < 4.78 is 2.38. The van der Waals surface area contributed by atoms with Crippen molar-refractivity contribution in [1.29, 1.82) is 0 Å². The van der Waals surface area contributed by atoms with Crippen molar-refractivity contribution in [3.05, 3.63) is 50.4 Å². The first kappa shape index (κ1) is 17.7. The highest BCUT2D eigenvalue weighted by molar-refractivity contribution is 6.36. The zero-order valence-electron chi connectivity index (χ0n) is 14.6. The van der Waals surface area contributed by atoms with E-state index in [9.17, 15) is 9.59 Å². The van der Waals surface area contributed by atoms with E-state index in [-0.39, 0.29) is 27.8 Å². The highest BCUT2D eigenvalue weighted by atomic mass is 35.5. The zero-order chi connectivity index (χ0) is 19.0. The standard InChI is InChI=1S/C16H16ClN7O2/c1-8-5-6-9(2)10(7-8)11-12(17)13(20-23(3)15(11)26)14(25)18-16-19-21-22-24(16)4/h5-7H,1-4H3,(H,18,19,22,25). The van der Waals surface area contributed by atoms with E-state index >= 15 is 0 Å². The molecule has 9 nitrogen and oxygen atoms in total. The van der Waals surface area contributed by atoms with Gasteiger partial charge in [-0.1, -0.05) is 40.5 Å². The number of hydrogen-bond donors (Lipinski definition) is 1. The van der Waals surface area contributed by atoms with Gasteiger partial charge in [0.05, 0.1) is 10.6 Å². The number of carbonyl (C=O) groups excluding carboxylic acids is 1. The van der Waals surface area contributed by atoms with Gasteiger partial charge in [0.2, 0.25) is 5.95 Å². The molecule has 0 aliphatic carbocycles. The van der Waals surface area contributed by atoms with E-state index < -0.39 is 5.91 Å². The fourth-order valence-corrected chi connectivity index (χ4v) is 2.80. The Bertz CT molecular complexity index is 1070. The highest BCUT2D eigenvalue weighted by Gasteiger charge is 2.23. The van der Waals surface area contributed by atoms with Crippen LogP contribution in [0, 0.1) is 13.8 Å². The van der Waals surface area contributed by atoms with E-state index in [2.05, 4.69) is 25.9 Å². The Labute approximate surface area is 153 Å². The smallest absolute Gasteiger partial charge is 0.280 e. The molecule has 26 heavy (non-hydrogen) atoms. The number of anilines is 1. The summed E-state index contributed by atoms with van der Waals surface area (Å²) in [6.07, 6.45) is 0. The van der Waals surface area contributed by atoms with E-state index in [1.54, 1.807) is 7.05 Å². The van der Waals surface area contributed by atoms with Gasteiger partial charge in [-0.25, -0.2) is 9.36 Å². The molecular formula is C16H16ClN7O2. The lowest BCUT2D eigenvalue weighted by molar-refractivity contribution is 0.101. The predicted molar refractivity (Wildman–Crippen MR) is 96.1 cm³/mol. The molecule has 0 unspecified atom stereocenters. The van der Waals surface area contributed by atoms with E-state index in [1.807, 2.05) is 32.0 Å². The molecule has 2 aromatic heterocycles. The van der Waals surface area contributed by atoms with E-state index in [4.69, 9.17) is 11.6 Å². The van der Waals surface area contributed by atoms with Crippen molar-refractivity contribution in [3.63, 3.8) is 0 Å². The quantitative estimate of drug-likeness (QED) is 0.745. The maximum absolute atomic E-state index is 12.6. The molecule has 0 radical (unpaired) electrons. The Morgan fingerprint density at radius 1 is 1.19 bits per heavy atom. The molecule has 1 amide bonds. The van der Waals surface area contributed by atoms with Crippen LogP contribution in [-0.4, -0.2) is 35.9 Å². The van der Waals surface area contributed by atoms with Gasteiger partial charge >= 0.3 is 0 Å². The van der Waals surface area contributed by atoms with Crippen molar-refractivity contribution < 1.29 is 4.79 Å². The van der Waals surface area contributed by atoms with E-state index in [0.29, 0.717) is 5.56 Å². The summed E-state index contributed by atoms with van der Waals surface area (Å²) in [4.78, 5) is 25.2. The second-order valence-electron chi connectivity index (χ2n) is 5.86. The third kappa shape index (κ3) is 3.08. The monoisotopic (exact) mass is 373 g/mol. The van der Waals surface area contributed by atoms with Crippen LogP contribution in [0.1, 0.15) is 21.6 Å². The molecule has 0 aliphatic rings. The van der Waals surface area contributed by atoms with Crippen LogP contribution in [0.2, 0.25) is 5.02 Å². The van der Waals surface area contributed by atoms with E-state index in [0.717, 1.165) is 15.8 Å². The van der Waals surface area contributed by atoms with Crippen molar-refractivity contribution in [3.8, 4) is 11.1 Å². The third-order valence-corrected chi connectivity index (χ3v) is 4.28. The number of aryl methyl sites for hydroxylation is 4. The Morgan fingerprint density at radius 3 is 2.58 bits per heavy atom. The minimum atomic E-state index is -0.616. The number of benzene rings is 1. The third-order valence-electron chi connectivity index (χ3n) is 3.91. The molecule has 2 heterocycles. The zero-order valence-corrected chi connectivity index (χ0v) is 15.4. The summed E-state index contributed by atoms with van der Waals surface area (Å²) in [6, 6.07) is 5.69. The van der Waals surface area contributed by atoms with E-state index in [1.165, 1.54) is 11.7 Å². The summed E-state index contributed by atoms with van der Waals surface area (Å²) >= 11 is 6.42. The highest BCUT2D eigenvalue weighted by Crippen LogP contribution is 2.30. The molecule has 0 saturated heterocycles. The lowest BCUT2D eigenvalue weighted by Crippen LogP contribution is -2.27. The summed E-state index contributed by atoms with van der Waals surface area (Å²) in [5.41, 5.74) is 2.24. The predicted octanol–water partition coefficient (Wildman–Crippen LogP) is 1.49. The Hall–Kier alpha value is -3.07. The average molecular weight is 374 g/mol. The second-order valence-corrected chi connectivity index (χ2v) is 6.24. The first-order chi connectivity index (χ1) is 12.3. The number of aromatic nitrogens is 6. The van der Waals surface area contributed by atoms with Crippen LogP contribution in [0.25, 0.3) is 11.1 Å². The largest absolute Gasteiger partial charge is 0.288 e. The topological polar surface area (TPSA) is 108 Å². The normalized spacial score (nSPS) is 10.8. The van der Waals surface area contributed by atoms with Crippen LogP contribution in [-0.2, 0) is 14.1 Å². The van der Waals surface area contributed by atoms with Gasteiger partial charge in [-0.3, -0.25) is 14.9 Å². The number of hydrogen-bond acceptors (Lipinski definition) is 6. The number of halogens is 1. The molecule has 134 valence electrons. The van der Waals surface area contributed by atoms with Crippen LogP contribution in [0.4, 0.5) is 5.95 Å². The molecule has 0 saturated carbocycles. The van der Waals surface area contributed by atoms with Crippen molar-refractivity contribution in [2.24, 2.45) is 14.1 Å². The molecule has 0 atom stereocenters. The van der Waals surface area contributed by atoms with Crippen molar-refractivity contribution in [2.45, 2.75) is 13.8 Å². The second kappa shape index (κ2) is 6.68. The SMILES string of the molecule is Cc1ccc(C)c(-c2c(Cl)c(C(=O)Nc3nnnn3C)nn(C)c2=O)c1. The van der Waals surface area contributed by atoms with Crippen molar-refractivity contribution in [2.75, 3.05) is 5.32 Å². The maximum Gasteiger partial charge on any atom is 0.280 e. The molecule has 1 aromatic carbocycles. The minimum Gasteiger partial charge on any atom is -0.288 e. The van der Waals surface area contributed by atoms with Gasteiger partial charge in [-0.15, -0.1) is 0 Å². The Morgan fingerprint density at radius 2 is 1.92 bits per heavy atom. The Kier molecular flexibility index (Phi) is 4.56.